The topological polar surface area (TPSA) is 86.5 Å². The monoisotopic (exact) mass is 345 g/mol. The molecule has 0 bridgehead atoms. The van der Waals surface area contributed by atoms with Crippen LogP contribution in [0.5, 0.6) is 11.6 Å². The molecule has 1 saturated heterocycles. The number of benzene rings is 1. The number of rotatable bonds is 6. The van der Waals surface area contributed by atoms with Crippen molar-refractivity contribution in [3.63, 3.8) is 0 Å². The largest absolute Gasteiger partial charge is 0.439 e. The second-order valence-electron chi connectivity index (χ2n) is 5.84. The molecule has 2 atom stereocenters. The van der Waals surface area contributed by atoms with Gasteiger partial charge in [0.1, 0.15) is 17.7 Å². The lowest BCUT2D eigenvalue weighted by molar-refractivity contribution is -0.132. The quantitative estimate of drug-likeness (QED) is 0.838. The van der Waals surface area contributed by atoms with Gasteiger partial charge in [-0.25, -0.2) is 9.37 Å². The SMILES string of the molecule is NC[C@H]1CC[C@@H](C(=O)NCc2ccnc(Oc3ccc(F)cc3)c2)O1. The molecule has 3 N–H and O–H groups in total. The van der Waals surface area contributed by atoms with Crippen molar-refractivity contribution in [2.75, 3.05) is 6.54 Å². The molecular formula is C18H20FN3O3. The molecule has 132 valence electrons. The number of ether oxygens (including phenoxy) is 2. The van der Waals surface area contributed by atoms with Crippen LogP contribution in [0.2, 0.25) is 0 Å². The molecule has 0 unspecified atom stereocenters. The maximum atomic E-state index is 12.9. The van der Waals surface area contributed by atoms with E-state index in [9.17, 15) is 9.18 Å². The van der Waals surface area contributed by atoms with Gasteiger partial charge >= 0.3 is 0 Å². The summed E-state index contributed by atoms with van der Waals surface area (Å²) in [5.41, 5.74) is 6.39. The number of halogens is 1. The summed E-state index contributed by atoms with van der Waals surface area (Å²) in [5, 5.41) is 2.85. The first-order valence-electron chi connectivity index (χ1n) is 8.15. The van der Waals surface area contributed by atoms with Crippen molar-refractivity contribution in [1.82, 2.24) is 10.3 Å². The zero-order valence-corrected chi connectivity index (χ0v) is 13.7. The Morgan fingerprint density at radius 3 is 2.84 bits per heavy atom. The lowest BCUT2D eigenvalue weighted by atomic mass is 10.2. The molecule has 1 aromatic carbocycles. The van der Waals surface area contributed by atoms with Crippen molar-refractivity contribution < 1.29 is 18.7 Å². The van der Waals surface area contributed by atoms with Gasteiger partial charge in [0.25, 0.3) is 0 Å². The normalized spacial score (nSPS) is 19.6. The first-order valence-corrected chi connectivity index (χ1v) is 8.15. The minimum absolute atomic E-state index is 0.0348. The van der Waals surface area contributed by atoms with Gasteiger partial charge in [0.2, 0.25) is 11.8 Å². The van der Waals surface area contributed by atoms with Gasteiger partial charge in [-0.1, -0.05) is 0 Å². The van der Waals surface area contributed by atoms with Gasteiger partial charge in [0, 0.05) is 25.4 Å². The maximum Gasteiger partial charge on any atom is 0.249 e. The summed E-state index contributed by atoms with van der Waals surface area (Å²) in [7, 11) is 0. The fourth-order valence-electron chi connectivity index (χ4n) is 2.61. The van der Waals surface area contributed by atoms with Gasteiger partial charge in [-0.05, 0) is 48.7 Å². The fraction of sp³-hybridized carbons (Fsp3) is 0.333. The van der Waals surface area contributed by atoms with Crippen LogP contribution in [-0.2, 0) is 16.1 Å². The van der Waals surface area contributed by atoms with Crippen molar-refractivity contribution in [3.8, 4) is 11.6 Å². The van der Waals surface area contributed by atoms with E-state index in [0.29, 0.717) is 31.1 Å². The van der Waals surface area contributed by atoms with Crippen LogP contribution in [0.1, 0.15) is 18.4 Å². The average Bonchev–Trinajstić information content (AvgIpc) is 3.11. The molecule has 1 amide bonds. The lowest BCUT2D eigenvalue weighted by Gasteiger charge is -2.13. The number of carbonyl (C=O) groups excluding carboxylic acids is 1. The Balaban J connectivity index is 1.55. The van der Waals surface area contributed by atoms with Crippen LogP contribution in [0, 0.1) is 5.82 Å². The molecule has 0 aliphatic carbocycles. The van der Waals surface area contributed by atoms with E-state index >= 15 is 0 Å². The maximum absolute atomic E-state index is 12.9. The molecule has 3 rings (SSSR count). The number of nitrogens with zero attached hydrogens (tertiary/aromatic N) is 1. The minimum atomic E-state index is -0.440. The number of amides is 1. The van der Waals surface area contributed by atoms with Crippen LogP contribution in [0.4, 0.5) is 4.39 Å². The zero-order chi connectivity index (χ0) is 17.6. The molecule has 6 nitrogen and oxygen atoms in total. The van der Waals surface area contributed by atoms with Crippen LogP contribution in [-0.4, -0.2) is 29.6 Å². The van der Waals surface area contributed by atoms with E-state index in [1.807, 2.05) is 0 Å². The fourth-order valence-corrected chi connectivity index (χ4v) is 2.61. The van der Waals surface area contributed by atoms with Gasteiger partial charge in [0.05, 0.1) is 6.10 Å². The van der Waals surface area contributed by atoms with Gasteiger partial charge in [0.15, 0.2) is 0 Å². The predicted molar refractivity (Wildman–Crippen MR) is 89.5 cm³/mol. The number of nitrogens with one attached hydrogen (secondary N) is 1. The molecule has 7 heteroatoms. The van der Waals surface area contributed by atoms with E-state index in [1.54, 1.807) is 18.3 Å². The summed E-state index contributed by atoms with van der Waals surface area (Å²) >= 11 is 0. The van der Waals surface area contributed by atoms with Crippen molar-refractivity contribution in [3.05, 3.63) is 54.0 Å². The Kier molecular flexibility index (Phi) is 5.57. The molecule has 1 aromatic heterocycles. The third-order valence-electron chi connectivity index (χ3n) is 3.96. The summed E-state index contributed by atoms with van der Waals surface area (Å²) in [4.78, 5) is 16.2. The highest BCUT2D eigenvalue weighted by atomic mass is 19.1. The summed E-state index contributed by atoms with van der Waals surface area (Å²) < 4.78 is 24.1. The molecule has 1 aliphatic heterocycles. The Bertz CT molecular complexity index is 724. The first-order chi connectivity index (χ1) is 12.1. The molecule has 0 saturated carbocycles. The molecule has 0 spiro atoms. The molecular weight excluding hydrogens is 325 g/mol. The summed E-state index contributed by atoms with van der Waals surface area (Å²) in [5.74, 6) is 0.387. The highest BCUT2D eigenvalue weighted by Crippen LogP contribution is 2.21. The summed E-state index contributed by atoms with van der Waals surface area (Å²) in [6.07, 6.45) is 2.61. The van der Waals surface area contributed by atoms with Crippen LogP contribution in [0.15, 0.2) is 42.6 Å². The molecule has 2 aromatic rings. The number of carbonyl (C=O) groups is 1. The van der Waals surface area contributed by atoms with E-state index in [0.717, 1.165) is 12.0 Å². The Morgan fingerprint density at radius 1 is 1.32 bits per heavy atom. The first kappa shape index (κ1) is 17.3. The van der Waals surface area contributed by atoms with E-state index < -0.39 is 6.10 Å². The van der Waals surface area contributed by atoms with Crippen LogP contribution in [0.3, 0.4) is 0 Å². The van der Waals surface area contributed by atoms with E-state index in [-0.39, 0.29) is 17.8 Å². The third-order valence-corrected chi connectivity index (χ3v) is 3.96. The molecule has 25 heavy (non-hydrogen) atoms. The number of nitrogens with two attached hydrogens (primary N) is 1. The van der Waals surface area contributed by atoms with Gasteiger partial charge in [-0.2, -0.15) is 0 Å². The smallest absolute Gasteiger partial charge is 0.249 e. The highest BCUT2D eigenvalue weighted by molar-refractivity contribution is 5.81. The average molecular weight is 345 g/mol. The minimum Gasteiger partial charge on any atom is -0.439 e. The highest BCUT2D eigenvalue weighted by Gasteiger charge is 2.29. The predicted octanol–water partition coefficient (Wildman–Crippen LogP) is 2.14. The van der Waals surface area contributed by atoms with Crippen molar-refractivity contribution in [2.24, 2.45) is 5.73 Å². The van der Waals surface area contributed by atoms with Gasteiger partial charge in [-0.15, -0.1) is 0 Å². The van der Waals surface area contributed by atoms with Gasteiger partial charge in [-0.3, -0.25) is 4.79 Å². The molecule has 1 fully saturated rings. The second-order valence-corrected chi connectivity index (χ2v) is 5.84. The standard InChI is InChI=1S/C18H20FN3O3/c19-13-1-3-14(4-2-13)25-17-9-12(7-8-21-17)11-22-18(23)16-6-5-15(10-20)24-16/h1-4,7-9,15-16H,5-6,10-11,20H2,(H,22,23)/t15-,16+/m1/s1. The van der Waals surface area contributed by atoms with Crippen molar-refractivity contribution in [1.29, 1.82) is 0 Å². The summed E-state index contributed by atoms with van der Waals surface area (Å²) in [6.45, 7) is 0.770. The Labute approximate surface area is 145 Å². The molecule has 2 heterocycles. The van der Waals surface area contributed by atoms with E-state index in [2.05, 4.69) is 10.3 Å². The zero-order valence-electron chi connectivity index (χ0n) is 13.7. The van der Waals surface area contributed by atoms with E-state index in [4.69, 9.17) is 15.2 Å². The second kappa shape index (κ2) is 8.04. The number of hydrogen-bond donors (Lipinski definition) is 2. The van der Waals surface area contributed by atoms with Gasteiger partial charge < -0.3 is 20.5 Å². The Hall–Kier alpha value is -2.51. The van der Waals surface area contributed by atoms with Crippen molar-refractivity contribution in [2.45, 2.75) is 31.6 Å². The van der Waals surface area contributed by atoms with Crippen LogP contribution < -0.4 is 15.8 Å². The van der Waals surface area contributed by atoms with Crippen molar-refractivity contribution >= 4 is 5.91 Å². The lowest BCUT2D eigenvalue weighted by Crippen LogP contribution is -2.35. The summed E-state index contributed by atoms with van der Waals surface area (Å²) in [6, 6.07) is 9.19. The molecule has 0 radical (unpaired) electrons. The Morgan fingerprint density at radius 2 is 2.12 bits per heavy atom. The number of pyridine rings is 1. The number of aromatic nitrogens is 1. The van der Waals surface area contributed by atoms with Crippen LogP contribution >= 0.6 is 0 Å². The van der Waals surface area contributed by atoms with Crippen LogP contribution in [0.25, 0.3) is 0 Å². The van der Waals surface area contributed by atoms with E-state index in [1.165, 1.54) is 24.3 Å². The number of hydrogen-bond acceptors (Lipinski definition) is 5. The molecule has 1 aliphatic rings. The third kappa shape index (κ3) is 4.74.